The molecule has 3 aromatic heterocycles. The molecule has 0 radical (unpaired) electrons. The predicted octanol–water partition coefficient (Wildman–Crippen LogP) is 11.5. The van der Waals surface area contributed by atoms with Crippen LogP contribution < -0.4 is 0 Å². The fourth-order valence-electron chi connectivity index (χ4n) is 3.65. The molecule has 222 valence electrons. The number of Topliss-reactive ketones (excluding diaryl/α,β-unsaturated/α-hetero) is 2. The molecule has 3 heterocycles. The topological polar surface area (TPSA) is 77.5 Å². The molecule has 0 fully saturated rings. The Hall–Kier alpha value is -2.54. The van der Waals surface area contributed by atoms with E-state index < -0.39 is 11.9 Å². The first-order valence-corrected chi connectivity index (χ1v) is 17.5. The third-order valence-corrected chi connectivity index (χ3v) is 11.5. The summed E-state index contributed by atoms with van der Waals surface area (Å²) in [6.07, 6.45) is 0. The summed E-state index contributed by atoms with van der Waals surface area (Å²) in [7, 11) is 0. The molecule has 0 spiro atoms. The fourth-order valence-corrected chi connectivity index (χ4v) is 8.37. The van der Waals surface area contributed by atoms with E-state index >= 15 is 0 Å². The highest BCUT2D eigenvalue weighted by molar-refractivity contribution is 9.11. The number of ketones is 2. The second kappa shape index (κ2) is 16.5. The number of carbonyl (C=O) groups excluding carboxylic acids is 4. The molecule has 6 aromatic rings. The number of hydrogen-bond donors (Lipinski definition) is 0. The highest BCUT2D eigenvalue weighted by Gasteiger charge is 2.09. The molecule has 0 saturated heterocycles. The molecule has 0 atom stereocenters. The third-order valence-electron chi connectivity index (χ3n) is 5.49. The molecule has 43 heavy (non-hydrogen) atoms. The van der Waals surface area contributed by atoms with E-state index in [4.69, 9.17) is 0 Å². The summed E-state index contributed by atoms with van der Waals surface area (Å²) in [5.74, 6) is -0.863. The molecule has 0 N–H and O–H groups in total. The number of ether oxygens (including phenoxy) is 1. The summed E-state index contributed by atoms with van der Waals surface area (Å²) < 4.78 is 10.9. The molecule has 0 saturated carbocycles. The van der Waals surface area contributed by atoms with Crippen molar-refractivity contribution in [3.63, 3.8) is 0 Å². The lowest BCUT2D eigenvalue weighted by Gasteiger charge is -1.94. The summed E-state index contributed by atoms with van der Waals surface area (Å²) in [6, 6.07) is 22.2. The largest absolute Gasteiger partial charge is 0.394 e. The van der Waals surface area contributed by atoms with Gasteiger partial charge in [-0.25, -0.2) is 0 Å². The van der Waals surface area contributed by atoms with Gasteiger partial charge in [0.1, 0.15) is 0 Å². The molecule has 0 unspecified atom stereocenters. The minimum absolute atomic E-state index is 0.129. The van der Waals surface area contributed by atoms with Gasteiger partial charge in [0.2, 0.25) is 0 Å². The predicted molar refractivity (Wildman–Crippen MR) is 191 cm³/mol. The van der Waals surface area contributed by atoms with E-state index in [9.17, 15) is 19.2 Å². The molecule has 0 aliphatic heterocycles. The molecular formula is C32H25Br3O5S3. The van der Waals surface area contributed by atoms with E-state index in [0.29, 0.717) is 0 Å². The van der Waals surface area contributed by atoms with Gasteiger partial charge < -0.3 is 4.74 Å². The molecule has 6 rings (SSSR count). The Bertz CT molecular complexity index is 1900. The number of benzene rings is 3. The summed E-state index contributed by atoms with van der Waals surface area (Å²) in [5, 5.41) is 7.52. The summed E-state index contributed by atoms with van der Waals surface area (Å²) in [4.78, 5) is 42.8. The van der Waals surface area contributed by atoms with Gasteiger partial charge >= 0.3 is 11.9 Å². The standard InChI is InChI=1S/2C10H7BrOS.C8H5BrS.C4H6O3/c1-6(12)8-5-13-10-7(8)3-2-4-9(10)11;1-6(12)9-5-7-3-2-4-8(11)10(7)13-9;9-7-3-1-2-6-4-5-10-8(6)7;1-3(5)7-4(2)6/h2*2-5H,1H3;1-5H;1-2H3. The maximum Gasteiger partial charge on any atom is 0.310 e. The second-order valence-electron chi connectivity index (χ2n) is 8.81. The van der Waals surface area contributed by atoms with Gasteiger partial charge in [-0.15, -0.1) is 34.0 Å². The van der Waals surface area contributed by atoms with Gasteiger partial charge in [0.05, 0.1) is 4.88 Å². The minimum Gasteiger partial charge on any atom is -0.394 e. The lowest BCUT2D eigenvalue weighted by Crippen LogP contribution is -2.03. The van der Waals surface area contributed by atoms with Gasteiger partial charge in [-0.3, -0.25) is 19.2 Å². The van der Waals surface area contributed by atoms with Crippen molar-refractivity contribution in [1.82, 2.24) is 0 Å². The zero-order valence-corrected chi connectivity index (χ0v) is 30.6. The first kappa shape index (κ1) is 34.9. The highest BCUT2D eigenvalue weighted by Crippen LogP contribution is 2.33. The van der Waals surface area contributed by atoms with Crippen molar-refractivity contribution in [2.75, 3.05) is 0 Å². The smallest absolute Gasteiger partial charge is 0.310 e. The molecule has 0 bridgehead atoms. The van der Waals surface area contributed by atoms with Crippen LogP contribution in [0.1, 0.15) is 47.7 Å². The van der Waals surface area contributed by atoms with E-state index in [2.05, 4.69) is 82.2 Å². The quantitative estimate of drug-likeness (QED) is 0.0987. The van der Waals surface area contributed by atoms with Crippen molar-refractivity contribution in [2.45, 2.75) is 27.7 Å². The highest BCUT2D eigenvalue weighted by atomic mass is 79.9. The average molecular weight is 825 g/mol. The first-order valence-electron chi connectivity index (χ1n) is 12.5. The van der Waals surface area contributed by atoms with Crippen LogP contribution in [0.5, 0.6) is 0 Å². The maximum atomic E-state index is 11.2. The lowest BCUT2D eigenvalue weighted by molar-refractivity contribution is -0.156. The third kappa shape index (κ3) is 9.99. The molecule has 0 amide bonds. The SMILES string of the molecule is Brc1cccc2ccsc12.CC(=O)OC(C)=O.CC(=O)c1cc2cccc(Br)c2s1.CC(=O)c1csc2c(Br)cccc12. The lowest BCUT2D eigenvalue weighted by atomic mass is 10.1. The van der Waals surface area contributed by atoms with Crippen LogP contribution in [0.15, 0.2) is 90.9 Å². The number of rotatable bonds is 2. The Morgan fingerprint density at radius 1 is 0.628 bits per heavy atom. The Kier molecular flexibility index (Phi) is 13.4. The Morgan fingerprint density at radius 3 is 1.70 bits per heavy atom. The summed E-state index contributed by atoms with van der Waals surface area (Å²) >= 11 is 15.3. The number of hydrogen-bond acceptors (Lipinski definition) is 8. The molecule has 0 aliphatic carbocycles. The molecule has 3 aromatic carbocycles. The minimum atomic E-state index is -0.562. The van der Waals surface area contributed by atoms with Crippen LogP contribution in [0.4, 0.5) is 0 Å². The maximum absolute atomic E-state index is 11.2. The van der Waals surface area contributed by atoms with Crippen LogP contribution >= 0.6 is 81.8 Å². The van der Waals surface area contributed by atoms with Gasteiger partial charge in [-0.05, 0) is 108 Å². The van der Waals surface area contributed by atoms with Crippen LogP contribution in [0.2, 0.25) is 0 Å². The van der Waals surface area contributed by atoms with Crippen LogP contribution in [-0.2, 0) is 14.3 Å². The van der Waals surface area contributed by atoms with Crippen LogP contribution in [0.25, 0.3) is 30.3 Å². The molecule has 0 aliphatic rings. The number of halogens is 3. The zero-order chi connectivity index (χ0) is 31.7. The summed E-state index contributed by atoms with van der Waals surface area (Å²) in [6.45, 7) is 5.56. The van der Waals surface area contributed by atoms with Gasteiger partial charge in [0.25, 0.3) is 0 Å². The number of carbonyl (C=O) groups is 4. The van der Waals surface area contributed by atoms with Crippen molar-refractivity contribution < 1.29 is 23.9 Å². The van der Waals surface area contributed by atoms with E-state index in [0.717, 1.165) is 39.6 Å². The average Bonchev–Trinajstić information content (AvgIpc) is 3.68. The second-order valence-corrected chi connectivity index (χ2v) is 14.2. The molecular weight excluding hydrogens is 800 g/mol. The van der Waals surface area contributed by atoms with E-state index in [1.807, 2.05) is 47.8 Å². The number of fused-ring (bicyclic) bond motifs is 3. The number of esters is 2. The Morgan fingerprint density at radius 2 is 1.19 bits per heavy atom. The van der Waals surface area contributed by atoms with Crippen molar-refractivity contribution >= 4 is 136 Å². The van der Waals surface area contributed by atoms with Crippen LogP contribution in [0, 0.1) is 0 Å². The Balaban J connectivity index is 0.000000161. The van der Waals surface area contributed by atoms with Gasteiger partial charge in [-0.1, -0.05) is 36.4 Å². The van der Waals surface area contributed by atoms with Crippen molar-refractivity contribution in [2.24, 2.45) is 0 Å². The first-order chi connectivity index (χ1) is 20.4. The monoisotopic (exact) mass is 822 g/mol. The normalized spacial score (nSPS) is 10.1. The zero-order valence-electron chi connectivity index (χ0n) is 23.4. The van der Waals surface area contributed by atoms with Crippen molar-refractivity contribution in [1.29, 1.82) is 0 Å². The molecule has 11 heteroatoms. The van der Waals surface area contributed by atoms with E-state index in [1.54, 1.807) is 36.5 Å². The van der Waals surface area contributed by atoms with E-state index in [-0.39, 0.29) is 11.6 Å². The summed E-state index contributed by atoms with van der Waals surface area (Å²) in [5.41, 5.74) is 0.821. The fraction of sp³-hybridized carbons (Fsp3) is 0.125. The van der Waals surface area contributed by atoms with Gasteiger partial charge in [-0.2, -0.15) is 0 Å². The van der Waals surface area contributed by atoms with Crippen molar-refractivity contribution in [3.8, 4) is 0 Å². The molecule has 5 nitrogen and oxygen atoms in total. The van der Waals surface area contributed by atoms with E-state index in [1.165, 1.54) is 39.7 Å². The number of thiophene rings is 3. The van der Waals surface area contributed by atoms with Gasteiger partial charge in [0, 0.05) is 57.7 Å². The van der Waals surface area contributed by atoms with Crippen molar-refractivity contribution in [3.05, 3.63) is 101 Å². The van der Waals surface area contributed by atoms with Crippen LogP contribution in [0.3, 0.4) is 0 Å². The van der Waals surface area contributed by atoms with Crippen LogP contribution in [-0.4, -0.2) is 23.5 Å². The van der Waals surface area contributed by atoms with Gasteiger partial charge in [0.15, 0.2) is 11.6 Å². The Labute approximate surface area is 286 Å².